The van der Waals surface area contributed by atoms with Crippen LogP contribution < -0.4 is 9.64 Å². The Hall–Kier alpha value is -2.04. The zero-order valence-corrected chi connectivity index (χ0v) is 22.6. The fourth-order valence-electron chi connectivity index (χ4n) is 4.62. The molecule has 2 aliphatic heterocycles. The van der Waals surface area contributed by atoms with Crippen LogP contribution in [0.5, 0.6) is 5.75 Å². The molecule has 4 rings (SSSR count). The number of methoxy groups -OCH3 is 1. The van der Waals surface area contributed by atoms with Crippen molar-refractivity contribution in [2.75, 3.05) is 57.9 Å². The van der Waals surface area contributed by atoms with E-state index in [1.165, 1.54) is 22.5 Å². The first-order chi connectivity index (χ1) is 17.3. The first-order valence-electron chi connectivity index (χ1n) is 12.0. The van der Waals surface area contributed by atoms with Gasteiger partial charge in [-0.15, -0.1) is 0 Å². The van der Waals surface area contributed by atoms with Gasteiger partial charge in [-0.1, -0.05) is 35.7 Å². The summed E-state index contributed by atoms with van der Waals surface area (Å²) in [7, 11) is -2.11. The van der Waals surface area contributed by atoms with Crippen molar-refractivity contribution in [3.8, 4) is 5.75 Å². The van der Waals surface area contributed by atoms with Crippen molar-refractivity contribution in [2.24, 2.45) is 0 Å². The molecule has 0 aromatic heterocycles. The first-order valence-corrected chi connectivity index (χ1v) is 14.2. The summed E-state index contributed by atoms with van der Waals surface area (Å²) in [6.07, 6.45) is 2.35. The summed E-state index contributed by atoms with van der Waals surface area (Å²) < 4.78 is 39.1. The SMILES string of the molecule is COc1cccc(N2CCN(C(=O)COCC3CCCCN3S(=O)(=O)c3ccc(Cl)c(Cl)c3)CC2)c1. The van der Waals surface area contributed by atoms with Crippen LogP contribution in [0.3, 0.4) is 0 Å². The fourth-order valence-corrected chi connectivity index (χ4v) is 6.69. The van der Waals surface area contributed by atoms with E-state index in [0.29, 0.717) is 31.1 Å². The van der Waals surface area contributed by atoms with Crippen LogP contribution in [-0.2, 0) is 19.6 Å². The zero-order chi connectivity index (χ0) is 25.7. The molecule has 1 unspecified atom stereocenters. The number of hydrogen-bond donors (Lipinski definition) is 0. The lowest BCUT2D eigenvalue weighted by molar-refractivity contribution is -0.137. The third-order valence-electron chi connectivity index (χ3n) is 6.66. The van der Waals surface area contributed by atoms with E-state index < -0.39 is 10.0 Å². The van der Waals surface area contributed by atoms with Crippen LogP contribution in [0.15, 0.2) is 47.4 Å². The number of nitrogens with zero attached hydrogens (tertiary/aromatic N) is 3. The van der Waals surface area contributed by atoms with Gasteiger partial charge in [0.05, 0.1) is 28.7 Å². The standard InChI is InChI=1S/C25H31Cl2N3O5S/c1-34-21-7-4-6-19(15-21)28-11-13-29(14-12-28)25(31)18-35-17-20-5-2-3-10-30(20)36(32,33)22-8-9-23(26)24(27)16-22/h4,6-9,15-16,20H,2-3,5,10-14,17-18H2,1H3. The van der Waals surface area contributed by atoms with Crippen molar-refractivity contribution in [3.05, 3.63) is 52.5 Å². The van der Waals surface area contributed by atoms with Crippen molar-refractivity contribution in [1.82, 2.24) is 9.21 Å². The molecule has 2 aromatic carbocycles. The number of carbonyl (C=O) groups excluding carboxylic acids is 1. The second kappa shape index (κ2) is 12.0. The van der Waals surface area contributed by atoms with Crippen molar-refractivity contribution in [1.29, 1.82) is 0 Å². The Morgan fingerprint density at radius 3 is 2.50 bits per heavy atom. The van der Waals surface area contributed by atoms with E-state index in [2.05, 4.69) is 4.90 Å². The summed E-state index contributed by atoms with van der Waals surface area (Å²) in [5.41, 5.74) is 1.07. The molecule has 8 nitrogen and oxygen atoms in total. The molecule has 0 radical (unpaired) electrons. The van der Waals surface area contributed by atoms with Crippen LogP contribution >= 0.6 is 23.2 Å². The molecule has 0 N–H and O–H groups in total. The lowest BCUT2D eigenvalue weighted by Gasteiger charge is -2.36. The molecule has 0 spiro atoms. The molecule has 2 heterocycles. The van der Waals surface area contributed by atoms with E-state index in [4.69, 9.17) is 32.7 Å². The number of benzene rings is 2. The van der Waals surface area contributed by atoms with Crippen LogP contribution in [-0.4, -0.2) is 82.6 Å². The number of piperidine rings is 1. The number of ether oxygens (including phenoxy) is 2. The molecule has 2 aromatic rings. The highest BCUT2D eigenvalue weighted by atomic mass is 35.5. The third-order valence-corrected chi connectivity index (χ3v) is 9.34. The minimum atomic E-state index is -3.76. The molecule has 0 bridgehead atoms. The number of rotatable bonds is 8. The Bertz CT molecular complexity index is 1170. The molecule has 2 fully saturated rings. The van der Waals surface area contributed by atoms with Gasteiger partial charge in [0.15, 0.2) is 0 Å². The highest BCUT2D eigenvalue weighted by Gasteiger charge is 2.34. The summed E-state index contributed by atoms with van der Waals surface area (Å²) in [6.45, 7) is 3.12. The predicted molar refractivity (Wildman–Crippen MR) is 141 cm³/mol. The first kappa shape index (κ1) is 27.0. The Balaban J connectivity index is 1.29. The van der Waals surface area contributed by atoms with Crippen LogP contribution in [0.25, 0.3) is 0 Å². The van der Waals surface area contributed by atoms with E-state index in [9.17, 15) is 13.2 Å². The van der Waals surface area contributed by atoms with Gasteiger partial charge in [-0.25, -0.2) is 8.42 Å². The van der Waals surface area contributed by atoms with Gasteiger partial charge in [-0.3, -0.25) is 4.79 Å². The predicted octanol–water partition coefficient (Wildman–Crippen LogP) is 3.91. The number of halogens is 2. The molecule has 11 heteroatoms. The second-order valence-corrected chi connectivity index (χ2v) is 11.6. The van der Waals surface area contributed by atoms with Gasteiger partial charge in [-0.05, 0) is 43.2 Å². The maximum Gasteiger partial charge on any atom is 0.248 e. The summed E-state index contributed by atoms with van der Waals surface area (Å²) in [6, 6.07) is 11.9. The number of anilines is 1. The monoisotopic (exact) mass is 555 g/mol. The van der Waals surface area contributed by atoms with Crippen LogP contribution in [0.4, 0.5) is 5.69 Å². The topological polar surface area (TPSA) is 79.4 Å². The zero-order valence-electron chi connectivity index (χ0n) is 20.2. The third kappa shape index (κ3) is 6.26. The molecule has 2 saturated heterocycles. The lowest BCUT2D eigenvalue weighted by Crippen LogP contribution is -2.50. The minimum Gasteiger partial charge on any atom is -0.497 e. The summed E-state index contributed by atoms with van der Waals surface area (Å²) in [5.74, 6) is 0.715. The highest BCUT2D eigenvalue weighted by molar-refractivity contribution is 7.89. The quantitative estimate of drug-likeness (QED) is 0.491. The Labute approximate surface area is 222 Å². The highest BCUT2D eigenvalue weighted by Crippen LogP contribution is 2.30. The molecule has 1 amide bonds. The van der Waals surface area contributed by atoms with Gasteiger partial charge in [0.25, 0.3) is 0 Å². The van der Waals surface area contributed by atoms with E-state index in [1.54, 1.807) is 12.0 Å². The van der Waals surface area contributed by atoms with Crippen LogP contribution in [0.1, 0.15) is 19.3 Å². The molecule has 1 atom stereocenters. The molecule has 196 valence electrons. The van der Waals surface area contributed by atoms with E-state index in [1.807, 2.05) is 24.3 Å². The maximum absolute atomic E-state index is 13.3. The number of piperazine rings is 1. The second-order valence-electron chi connectivity index (χ2n) is 8.93. The largest absolute Gasteiger partial charge is 0.497 e. The van der Waals surface area contributed by atoms with Crippen molar-refractivity contribution in [2.45, 2.75) is 30.2 Å². The summed E-state index contributed by atoms with van der Waals surface area (Å²) in [5, 5.41) is 0.497. The summed E-state index contributed by atoms with van der Waals surface area (Å²) >= 11 is 12.0. The number of sulfonamides is 1. The van der Waals surface area contributed by atoms with Crippen LogP contribution in [0.2, 0.25) is 10.0 Å². The number of carbonyl (C=O) groups is 1. The summed E-state index contributed by atoms with van der Waals surface area (Å²) in [4.78, 5) is 16.9. The molecule has 36 heavy (non-hydrogen) atoms. The van der Waals surface area contributed by atoms with Gasteiger partial charge >= 0.3 is 0 Å². The van der Waals surface area contributed by atoms with E-state index in [0.717, 1.165) is 37.4 Å². The number of hydrogen-bond acceptors (Lipinski definition) is 6. The smallest absolute Gasteiger partial charge is 0.248 e. The minimum absolute atomic E-state index is 0.0731. The lowest BCUT2D eigenvalue weighted by atomic mass is 10.1. The Morgan fingerprint density at radius 2 is 1.78 bits per heavy atom. The maximum atomic E-state index is 13.3. The van der Waals surface area contributed by atoms with E-state index >= 15 is 0 Å². The van der Waals surface area contributed by atoms with Gasteiger partial charge in [0.1, 0.15) is 12.4 Å². The average Bonchev–Trinajstić information content (AvgIpc) is 2.90. The van der Waals surface area contributed by atoms with Crippen molar-refractivity contribution in [3.63, 3.8) is 0 Å². The number of amides is 1. The Morgan fingerprint density at radius 1 is 1.00 bits per heavy atom. The molecular weight excluding hydrogens is 525 g/mol. The van der Waals surface area contributed by atoms with Gasteiger partial charge < -0.3 is 19.3 Å². The van der Waals surface area contributed by atoms with Gasteiger partial charge in [-0.2, -0.15) is 4.31 Å². The van der Waals surface area contributed by atoms with Crippen molar-refractivity contribution < 1.29 is 22.7 Å². The molecule has 0 aliphatic carbocycles. The van der Waals surface area contributed by atoms with Crippen molar-refractivity contribution >= 4 is 44.8 Å². The van der Waals surface area contributed by atoms with E-state index in [-0.39, 0.29) is 35.1 Å². The Kier molecular flexibility index (Phi) is 9.00. The average molecular weight is 557 g/mol. The normalized spacial score (nSPS) is 19.4. The molecule has 0 saturated carbocycles. The van der Waals surface area contributed by atoms with Crippen LogP contribution in [0, 0.1) is 0 Å². The fraction of sp³-hybridized carbons (Fsp3) is 0.480. The molecular formula is C25H31Cl2N3O5S. The molecule has 2 aliphatic rings. The van der Waals surface area contributed by atoms with Gasteiger partial charge in [0, 0.05) is 50.5 Å². The van der Waals surface area contributed by atoms with Gasteiger partial charge in [0.2, 0.25) is 15.9 Å².